The summed E-state index contributed by atoms with van der Waals surface area (Å²) in [5.74, 6) is -9.05. The van der Waals surface area contributed by atoms with Crippen LogP contribution in [-0.2, 0) is 101 Å². The molecule has 19 N–H and O–H groups in total. The van der Waals surface area contributed by atoms with Crippen molar-refractivity contribution in [1.82, 2.24) is 78.6 Å². The summed E-state index contributed by atoms with van der Waals surface area (Å²) in [6, 6.07) is 22.5. The molecule has 14 amide bonds. The Morgan fingerprint density at radius 2 is 1.13 bits per heavy atom. The summed E-state index contributed by atoms with van der Waals surface area (Å²) in [7, 11) is 0. The first-order valence-electron chi connectivity index (χ1n) is 42.1. The number of nitrogens with one attached hydrogen (secondary N) is 14. The molecular weight excluding hydrogens is 1630 g/mol. The van der Waals surface area contributed by atoms with Crippen molar-refractivity contribution in [3.63, 3.8) is 0 Å². The number of pyridine rings is 1. The first kappa shape index (κ1) is 94.5. The van der Waals surface area contributed by atoms with Gasteiger partial charge in [-0.25, -0.2) is 4.79 Å². The molecule has 10 rings (SSSR count). The molecule has 1 aromatic heterocycles. The van der Waals surface area contributed by atoms with Gasteiger partial charge in [-0.15, -0.1) is 0 Å². The van der Waals surface area contributed by atoms with Gasteiger partial charge in [0, 0.05) is 112 Å². The third kappa shape index (κ3) is 28.9. The van der Waals surface area contributed by atoms with Crippen LogP contribution in [0.4, 0.5) is 10.5 Å². The number of aliphatic hydroxyl groups is 1. The summed E-state index contributed by atoms with van der Waals surface area (Å²) in [6.45, 7) is 8.56. The number of nitrogens with two attached hydrogens (primary N) is 2. The van der Waals surface area contributed by atoms with Crippen LogP contribution in [0.3, 0.4) is 0 Å². The molecule has 124 heavy (non-hydrogen) atoms. The number of halogens is 1. The number of aromatic nitrogens is 1. The van der Waals surface area contributed by atoms with Crippen molar-refractivity contribution in [3.8, 4) is 0 Å². The fourth-order valence-electron chi connectivity index (χ4n) is 15.5. The Kier molecular flexibility index (Phi) is 35.5. The van der Waals surface area contributed by atoms with E-state index in [9.17, 15) is 38.7 Å². The summed E-state index contributed by atoms with van der Waals surface area (Å²) < 4.78 is 5.57. The van der Waals surface area contributed by atoms with E-state index in [-0.39, 0.29) is 118 Å². The number of aliphatic hydroxyl groups excluding tert-OH is 1. The SMILES string of the molecule is CC(=O)Nc1ccc(C[C@@H](NC(=O)[C@H](Cc2ccc(CN3CCOCC3)cc2)NC(=O)[C@H](CO)NC(=O)[C@@H](Cc2cccnc2)NC(=O)[C@@H](Cc2ccc(Cl)cc2)NC(=O)[C@@H](Cc2ccc3ccccc3c2)NC(=O)CCCC[C@@H]2SC[C@@H]3NC(=O)N[C@@H]32)C(=O)N[C@@H](CC(C)C)C(=O)N[C@@H](CCCNC(=N)N)C(=O)N2CCC[C@H]2C(=O)N[C@H](C)C(N)=O)cc1. The average molecular weight is 1750 g/mol. The molecule has 0 aliphatic carbocycles. The van der Waals surface area contributed by atoms with Gasteiger partial charge in [0.2, 0.25) is 70.9 Å². The third-order valence-corrected chi connectivity index (χ3v) is 23.9. The van der Waals surface area contributed by atoms with E-state index in [4.69, 9.17) is 33.2 Å². The summed E-state index contributed by atoms with van der Waals surface area (Å²) in [6.07, 6.45) is 4.77. The van der Waals surface area contributed by atoms with E-state index < -0.39 is 132 Å². The highest BCUT2D eigenvalue weighted by Gasteiger charge is 2.44. The van der Waals surface area contributed by atoms with Crippen molar-refractivity contribution in [2.24, 2.45) is 17.4 Å². The predicted molar refractivity (Wildman–Crippen MR) is 468 cm³/mol. The minimum Gasteiger partial charge on any atom is -0.394 e. The van der Waals surface area contributed by atoms with Crippen LogP contribution < -0.4 is 80.6 Å². The molecule has 5 aromatic carbocycles. The molecule has 0 bridgehead atoms. The number of thioether (sulfide) groups is 1. The van der Waals surface area contributed by atoms with Crippen molar-refractivity contribution < 1.29 is 72.2 Å². The first-order chi connectivity index (χ1) is 59.5. The molecule has 4 saturated heterocycles. The van der Waals surface area contributed by atoms with Gasteiger partial charge in [0.15, 0.2) is 5.96 Å². The molecule has 0 saturated carbocycles. The van der Waals surface area contributed by atoms with E-state index in [1.165, 1.54) is 31.1 Å². The molecule has 4 aliphatic rings. The number of benzene rings is 5. The Hall–Kier alpha value is -11.8. The lowest BCUT2D eigenvalue weighted by atomic mass is 9.99. The van der Waals surface area contributed by atoms with Crippen LogP contribution in [0.15, 0.2) is 140 Å². The minimum atomic E-state index is -1.85. The zero-order chi connectivity index (χ0) is 88.9. The van der Waals surface area contributed by atoms with Crippen LogP contribution in [0.2, 0.25) is 5.02 Å². The largest absolute Gasteiger partial charge is 0.394 e. The smallest absolute Gasteiger partial charge is 0.315 e. The van der Waals surface area contributed by atoms with Gasteiger partial charge in [-0.3, -0.25) is 72.8 Å². The van der Waals surface area contributed by atoms with Gasteiger partial charge in [-0.1, -0.05) is 129 Å². The highest BCUT2D eigenvalue weighted by atomic mass is 35.5. The first-order valence-corrected chi connectivity index (χ1v) is 43.5. The molecule has 4 fully saturated rings. The lowest BCUT2D eigenvalue weighted by molar-refractivity contribution is -0.142. The van der Waals surface area contributed by atoms with Gasteiger partial charge in [0.05, 0.1) is 31.9 Å². The lowest BCUT2D eigenvalue weighted by Gasteiger charge is -2.31. The van der Waals surface area contributed by atoms with Gasteiger partial charge in [0.25, 0.3) is 0 Å². The Morgan fingerprint density at radius 3 is 1.71 bits per heavy atom. The second-order valence-electron chi connectivity index (χ2n) is 32.3. The molecule has 13 atom stereocenters. The highest BCUT2D eigenvalue weighted by Crippen LogP contribution is 2.34. The monoisotopic (exact) mass is 1740 g/mol. The second-order valence-corrected chi connectivity index (χ2v) is 34.0. The van der Waals surface area contributed by atoms with Crippen molar-refractivity contribution >= 4 is 123 Å². The maximum absolute atomic E-state index is 15.5. The number of unbranched alkanes of at least 4 members (excludes halogenated alkanes) is 1. The van der Waals surface area contributed by atoms with Crippen LogP contribution in [0.25, 0.3) is 10.8 Å². The van der Waals surface area contributed by atoms with Gasteiger partial charge in [0.1, 0.15) is 60.4 Å². The maximum atomic E-state index is 15.5. The number of hydrogen-bond acceptors (Lipinski definition) is 19. The molecule has 6 aromatic rings. The molecule has 0 spiro atoms. The van der Waals surface area contributed by atoms with Gasteiger partial charge < -0.3 is 95.3 Å². The number of likely N-dealkylation sites (tertiary alicyclic amines) is 1. The van der Waals surface area contributed by atoms with E-state index in [1.54, 1.807) is 98.4 Å². The number of primary amides is 1. The number of amides is 14. The van der Waals surface area contributed by atoms with Crippen molar-refractivity contribution in [2.45, 2.75) is 202 Å². The van der Waals surface area contributed by atoms with Gasteiger partial charge >= 0.3 is 6.03 Å². The normalized spacial score (nSPS) is 18.3. The quantitative estimate of drug-likeness (QED) is 0.0113. The summed E-state index contributed by atoms with van der Waals surface area (Å²) in [5, 5.41) is 57.7. The van der Waals surface area contributed by atoms with Crippen LogP contribution in [0, 0.1) is 11.3 Å². The number of fused-ring (bicyclic) bond motifs is 2. The molecule has 664 valence electrons. The Balaban J connectivity index is 0.909. The van der Waals surface area contributed by atoms with Crippen molar-refractivity contribution in [1.29, 1.82) is 5.41 Å². The van der Waals surface area contributed by atoms with E-state index in [1.807, 2.05) is 54.6 Å². The van der Waals surface area contributed by atoms with Crippen LogP contribution in [-0.4, -0.2) is 232 Å². The highest BCUT2D eigenvalue weighted by molar-refractivity contribution is 8.00. The fraction of sp³-hybridized carbons (Fsp3) is 0.466. The molecule has 36 heteroatoms. The fourth-order valence-corrected chi connectivity index (χ4v) is 17.1. The van der Waals surface area contributed by atoms with Crippen molar-refractivity contribution in [2.75, 3.05) is 57.1 Å². The van der Waals surface area contributed by atoms with Crippen LogP contribution >= 0.6 is 23.4 Å². The third-order valence-electron chi connectivity index (χ3n) is 22.1. The predicted octanol–water partition coefficient (Wildman–Crippen LogP) is 2.08. The lowest BCUT2D eigenvalue weighted by Crippen LogP contribution is -2.62. The van der Waals surface area contributed by atoms with Crippen molar-refractivity contribution in [3.05, 3.63) is 178 Å². The van der Waals surface area contributed by atoms with E-state index in [2.05, 4.69) is 79.0 Å². The maximum Gasteiger partial charge on any atom is 0.315 e. The summed E-state index contributed by atoms with van der Waals surface area (Å²) in [5.41, 5.74) is 15.0. The van der Waals surface area contributed by atoms with Gasteiger partial charge in [-0.05, 0) is 132 Å². The number of guanidine groups is 1. The number of hydrogen-bond donors (Lipinski definition) is 17. The Morgan fingerprint density at radius 1 is 0.597 bits per heavy atom. The topological polar surface area (TPSA) is 503 Å². The number of carbonyl (C=O) groups excluding carboxylic acids is 13. The molecule has 34 nitrogen and oxygen atoms in total. The molecule has 0 unspecified atom stereocenters. The average Bonchev–Trinajstić information content (AvgIpc) is 1.61. The number of rotatable bonds is 44. The van der Waals surface area contributed by atoms with Gasteiger partial charge in [-0.2, -0.15) is 11.8 Å². The van der Waals surface area contributed by atoms with E-state index in [0.29, 0.717) is 90.6 Å². The second kappa shape index (κ2) is 46.6. The molecule has 5 heterocycles. The number of urea groups is 1. The Bertz CT molecular complexity index is 4720. The van der Waals surface area contributed by atoms with Crippen LogP contribution in [0.1, 0.15) is 119 Å². The number of nitrogens with zero attached hydrogens (tertiary/aromatic N) is 3. The number of morpholine rings is 1. The minimum absolute atomic E-state index is 0.00459. The summed E-state index contributed by atoms with van der Waals surface area (Å²) >= 11 is 8.13. The Labute approximate surface area is 729 Å². The standard InChI is InChI=1S/C88H114ClN19O15S/c1-51(2)40-65(78(113)98-64(15-10-34-94-87(91)92)86(121)108-35-11-16-73(108)85(120)95-52(3)77(90)112)99-80(115)68(44-56-26-31-63(32-27-56)96-53(4)110)101-82(117)69(42-54-19-21-57(22-20-54)48-107-36-38-123-39-37-107)103-84(119)71(49-109)104-83(118)70(46-59-12-9-33-93-47-59)102-81(116)67(43-55-24-29-62(89)30-25-55)100-79(114)66(45-58-23-28-60-13-5-6-14-61(60)41-58)97-75(111)18-8-7-17-74-76-72(50-124-74)105-88(122)106-76/h5-6,9,12-14,19-33,41,47,51-52,64-74,76,109H,7-8,10-11,15-18,34-40,42-46,48-50H2,1-4H3,(H2,90,112)(H,95,120)(H,96,110)(H,97,111)(H,98,113)(H,99,115)(H,100,114)(H,101,117)(H,102,116)(H,103,119)(H,104,118)(H4,91,92,94)(H2,105,106,122)/t52-,64+,65+,66-,67-,68-,69+,70-,71+,72+,73+,74+,76+/m1/s1. The van der Waals surface area contributed by atoms with Crippen LogP contribution in [0.5, 0.6) is 0 Å². The molecular formula is C88H114ClN19O15S. The molecule has 4 aliphatic heterocycles. The number of ether oxygens (including phenoxy) is 1. The summed E-state index contributed by atoms with van der Waals surface area (Å²) in [4.78, 5) is 193. The molecule has 0 radical (unpaired) electrons. The zero-order valence-electron chi connectivity index (χ0n) is 70.1. The number of carbonyl (C=O) groups is 13. The van der Waals surface area contributed by atoms with E-state index >= 15 is 28.8 Å². The zero-order valence-corrected chi connectivity index (χ0v) is 71.6. The van der Waals surface area contributed by atoms with E-state index in [0.717, 1.165) is 28.5 Å². The number of anilines is 1.